The minimum absolute atomic E-state index is 0.275. The van der Waals surface area contributed by atoms with Crippen molar-refractivity contribution < 1.29 is 0 Å². The molecule has 1 saturated carbocycles. The Labute approximate surface area is 112 Å². The lowest BCUT2D eigenvalue weighted by Crippen LogP contribution is -2.41. The third-order valence-corrected chi connectivity index (χ3v) is 4.45. The minimum Gasteiger partial charge on any atom is -0.322 e. The molecule has 1 fully saturated rings. The monoisotopic (exact) mass is 263 g/mol. The number of hydrogen-bond donors (Lipinski definition) is 0. The molecule has 0 amide bonds. The molecule has 18 heavy (non-hydrogen) atoms. The van der Waals surface area contributed by atoms with Crippen LogP contribution in [0, 0.1) is 0 Å². The Hall–Kier alpha value is -1.09. The van der Waals surface area contributed by atoms with Crippen LogP contribution in [0.15, 0.2) is 18.5 Å². The van der Waals surface area contributed by atoms with Gasteiger partial charge in [-0.3, -0.25) is 4.98 Å². The van der Waals surface area contributed by atoms with Gasteiger partial charge in [-0.1, -0.05) is 6.92 Å². The molecular formula is C14H18ClN3. The van der Waals surface area contributed by atoms with Crippen molar-refractivity contribution in [3.63, 3.8) is 0 Å². The van der Waals surface area contributed by atoms with E-state index in [4.69, 9.17) is 16.6 Å². The summed E-state index contributed by atoms with van der Waals surface area (Å²) in [7, 11) is 0. The number of rotatable bonds is 4. The zero-order chi connectivity index (χ0) is 12.6. The molecule has 1 aliphatic rings. The lowest BCUT2D eigenvalue weighted by molar-refractivity contribution is 0.137. The van der Waals surface area contributed by atoms with Crippen LogP contribution in [0.2, 0.25) is 0 Å². The van der Waals surface area contributed by atoms with E-state index >= 15 is 0 Å². The van der Waals surface area contributed by atoms with E-state index in [0.717, 1.165) is 24.2 Å². The molecule has 96 valence electrons. The molecule has 4 heteroatoms. The molecule has 3 nitrogen and oxygen atoms in total. The highest BCUT2D eigenvalue weighted by Crippen LogP contribution is 2.44. The fourth-order valence-electron chi connectivity index (χ4n) is 3.08. The second kappa shape index (κ2) is 4.54. The normalized spacial score (nSPS) is 17.9. The van der Waals surface area contributed by atoms with Gasteiger partial charge in [0.15, 0.2) is 0 Å². The summed E-state index contributed by atoms with van der Waals surface area (Å²) in [4.78, 5) is 8.88. The third-order valence-electron chi connectivity index (χ3n) is 4.26. The van der Waals surface area contributed by atoms with E-state index in [0.29, 0.717) is 5.88 Å². The summed E-state index contributed by atoms with van der Waals surface area (Å²) >= 11 is 5.92. The predicted molar refractivity (Wildman–Crippen MR) is 74.1 cm³/mol. The molecule has 0 bridgehead atoms. The highest BCUT2D eigenvalue weighted by atomic mass is 35.5. The molecule has 1 aliphatic carbocycles. The zero-order valence-electron chi connectivity index (χ0n) is 10.7. The van der Waals surface area contributed by atoms with Crippen molar-refractivity contribution in [1.29, 1.82) is 0 Å². The number of halogens is 1. The molecule has 0 unspecified atom stereocenters. The predicted octanol–water partition coefficient (Wildman–Crippen LogP) is 3.50. The van der Waals surface area contributed by atoms with Crippen molar-refractivity contribution in [2.45, 2.75) is 44.6 Å². The first-order valence-electron chi connectivity index (χ1n) is 6.68. The smallest absolute Gasteiger partial charge is 0.111 e. The highest BCUT2D eigenvalue weighted by molar-refractivity contribution is 6.17. The van der Waals surface area contributed by atoms with Crippen LogP contribution < -0.4 is 0 Å². The van der Waals surface area contributed by atoms with Gasteiger partial charge in [0.1, 0.15) is 11.3 Å². The molecule has 2 aromatic heterocycles. The molecule has 0 atom stereocenters. The third kappa shape index (κ3) is 1.64. The number of fused-ring (bicyclic) bond motifs is 1. The minimum atomic E-state index is 0.275. The number of hydrogen-bond acceptors (Lipinski definition) is 2. The second-order valence-electron chi connectivity index (χ2n) is 5.10. The molecule has 0 spiro atoms. The summed E-state index contributed by atoms with van der Waals surface area (Å²) in [6.07, 6.45) is 9.53. The van der Waals surface area contributed by atoms with Crippen LogP contribution in [0.3, 0.4) is 0 Å². The largest absolute Gasteiger partial charge is 0.322 e. The number of aromatic nitrogens is 3. The van der Waals surface area contributed by atoms with Gasteiger partial charge in [0, 0.05) is 24.0 Å². The van der Waals surface area contributed by atoms with Crippen molar-refractivity contribution in [2.24, 2.45) is 0 Å². The van der Waals surface area contributed by atoms with Gasteiger partial charge in [0.25, 0.3) is 0 Å². The topological polar surface area (TPSA) is 30.7 Å². The highest BCUT2D eigenvalue weighted by Gasteiger charge is 2.39. The first-order valence-corrected chi connectivity index (χ1v) is 7.22. The summed E-state index contributed by atoms with van der Waals surface area (Å²) in [5.41, 5.74) is 2.49. The molecule has 0 radical (unpaired) electrons. The Bertz CT molecular complexity index is 552. The zero-order valence-corrected chi connectivity index (χ0v) is 11.5. The average Bonchev–Trinajstić information content (AvgIpc) is 2.69. The lowest BCUT2D eigenvalue weighted by Gasteiger charge is -2.44. The molecule has 2 aromatic rings. The Balaban J connectivity index is 2.20. The Morgan fingerprint density at radius 1 is 1.44 bits per heavy atom. The van der Waals surface area contributed by atoms with E-state index in [2.05, 4.69) is 22.5 Å². The van der Waals surface area contributed by atoms with Gasteiger partial charge in [0.2, 0.25) is 0 Å². The van der Waals surface area contributed by atoms with E-state index in [1.54, 1.807) is 0 Å². The molecule has 0 aromatic carbocycles. The first-order chi connectivity index (χ1) is 8.80. The lowest BCUT2D eigenvalue weighted by atomic mass is 9.74. The maximum atomic E-state index is 5.92. The standard InChI is InChI=1S/C14H18ClN3/c1-2-14(6-3-7-14)18-12-5-9-16-10-11(12)17-13(18)4-8-15/h5,9-10H,2-4,6-8H2,1H3. The number of pyridine rings is 1. The van der Waals surface area contributed by atoms with Gasteiger partial charge in [-0.25, -0.2) is 4.98 Å². The van der Waals surface area contributed by atoms with E-state index in [1.807, 2.05) is 12.4 Å². The van der Waals surface area contributed by atoms with Crippen LogP contribution in [0.1, 0.15) is 38.4 Å². The van der Waals surface area contributed by atoms with Crippen LogP contribution in [0.25, 0.3) is 11.0 Å². The van der Waals surface area contributed by atoms with Gasteiger partial charge < -0.3 is 4.57 Å². The van der Waals surface area contributed by atoms with Crippen LogP contribution in [0.4, 0.5) is 0 Å². The SMILES string of the molecule is CCC1(n2c(CCCl)nc3cnccc32)CCC1. The van der Waals surface area contributed by atoms with Gasteiger partial charge in [-0.05, 0) is 31.7 Å². The molecule has 0 saturated heterocycles. The maximum Gasteiger partial charge on any atom is 0.111 e. The number of nitrogens with zero attached hydrogens (tertiary/aromatic N) is 3. The van der Waals surface area contributed by atoms with Crippen molar-refractivity contribution in [1.82, 2.24) is 14.5 Å². The number of imidazole rings is 1. The Kier molecular flexibility index (Phi) is 3.02. The van der Waals surface area contributed by atoms with Crippen molar-refractivity contribution in [2.75, 3.05) is 5.88 Å². The molecule has 0 aliphatic heterocycles. The summed E-state index contributed by atoms with van der Waals surface area (Å²) < 4.78 is 2.44. The molecule has 3 rings (SSSR count). The van der Waals surface area contributed by atoms with E-state index in [-0.39, 0.29) is 5.54 Å². The van der Waals surface area contributed by atoms with E-state index < -0.39 is 0 Å². The Morgan fingerprint density at radius 3 is 2.89 bits per heavy atom. The van der Waals surface area contributed by atoms with Gasteiger partial charge in [-0.15, -0.1) is 11.6 Å². The van der Waals surface area contributed by atoms with Crippen LogP contribution in [-0.2, 0) is 12.0 Å². The quantitative estimate of drug-likeness (QED) is 0.791. The fraction of sp³-hybridized carbons (Fsp3) is 0.571. The number of alkyl halides is 1. The summed E-state index contributed by atoms with van der Waals surface area (Å²) in [5, 5.41) is 0. The van der Waals surface area contributed by atoms with Gasteiger partial charge in [-0.2, -0.15) is 0 Å². The second-order valence-corrected chi connectivity index (χ2v) is 5.48. The molecule has 0 N–H and O–H groups in total. The molecule has 2 heterocycles. The summed E-state index contributed by atoms with van der Waals surface area (Å²) in [5.74, 6) is 1.74. The van der Waals surface area contributed by atoms with Crippen molar-refractivity contribution in [3.8, 4) is 0 Å². The van der Waals surface area contributed by atoms with E-state index in [9.17, 15) is 0 Å². The van der Waals surface area contributed by atoms with Gasteiger partial charge >= 0.3 is 0 Å². The maximum absolute atomic E-state index is 5.92. The first kappa shape index (κ1) is 12.0. The van der Waals surface area contributed by atoms with E-state index in [1.165, 1.54) is 24.8 Å². The Morgan fingerprint density at radius 2 is 2.28 bits per heavy atom. The summed E-state index contributed by atoms with van der Waals surface area (Å²) in [6.45, 7) is 2.27. The van der Waals surface area contributed by atoms with Crippen LogP contribution in [0.5, 0.6) is 0 Å². The van der Waals surface area contributed by atoms with Crippen LogP contribution in [-0.4, -0.2) is 20.4 Å². The number of aryl methyl sites for hydroxylation is 1. The van der Waals surface area contributed by atoms with Gasteiger partial charge in [0.05, 0.1) is 11.7 Å². The van der Waals surface area contributed by atoms with Crippen molar-refractivity contribution in [3.05, 3.63) is 24.3 Å². The van der Waals surface area contributed by atoms with Crippen molar-refractivity contribution >= 4 is 22.6 Å². The van der Waals surface area contributed by atoms with Crippen LogP contribution >= 0.6 is 11.6 Å². The molecular weight excluding hydrogens is 246 g/mol. The summed E-state index contributed by atoms with van der Waals surface area (Å²) in [6, 6.07) is 2.08. The average molecular weight is 264 g/mol. The fourth-order valence-corrected chi connectivity index (χ4v) is 3.25.